The van der Waals surface area contributed by atoms with Crippen molar-refractivity contribution >= 4 is 39.0 Å². The van der Waals surface area contributed by atoms with Gasteiger partial charge in [-0.15, -0.1) is 0 Å². The molecule has 0 fully saturated rings. The molecule has 0 saturated heterocycles. The molecule has 264 valence electrons. The topological polar surface area (TPSA) is 16.4 Å². The number of rotatable bonds is 8. The van der Waals surface area contributed by atoms with E-state index in [-0.39, 0.29) is 0 Å². The van der Waals surface area contributed by atoms with Gasteiger partial charge in [0.05, 0.1) is 0 Å². The molecule has 1 aromatic heterocycles. The Bertz CT molecular complexity index is 2930. The first-order valence-electron chi connectivity index (χ1n) is 19.1. The van der Waals surface area contributed by atoms with Gasteiger partial charge in [-0.25, -0.2) is 0 Å². The molecule has 0 radical (unpaired) electrons. The lowest BCUT2D eigenvalue weighted by Crippen LogP contribution is -2.10. The van der Waals surface area contributed by atoms with Crippen LogP contribution in [0.2, 0.25) is 0 Å². The van der Waals surface area contributed by atoms with Crippen LogP contribution in [-0.4, -0.2) is 0 Å². The number of hydrogen-bond donors (Lipinski definition) is 0. The Kier molecular flexibility index (Phi) is 8.55. The number of benzene rings is 9. The summed E-state index contributed by atoms with van der Waals surface area (Å²) in [5.41, 5.74) is 16.6. The second-order valence-electron chi connectivity index (χ2n) is 14.1. The molecule has 9 aromatic carbocycles. The largest absolute Gasteiger partial charge is 0.455 e. The van der Waals surface area contributed by atoms with Crippen LogP contribution in [-0.2, 0) is 0 Å². The molecule has 0 bridgehead atoms. The highest BCUT2D eigenvalue weighted by atomic mass is 16.3. The van der Waals surface area contributed by atoms with Crippen molar-refractivity contribution in [2.45, 2.75) is 0 Å². The zero-order chi connectivity index (χ0) is 37.3. The lowest BCUT2D eigenvalue weighted by Gasteiger charge is -2.28. The summed E-state index contributed by atoms with van der Waals surface area (Å²) in [6.45, 7) is 0. The lowest BCUT2D eigenvalue weighted by atomic mass is 9.92. The molecule has 1 heterocycles. The normalized spacial score (nSPS) is 11.2. The number of fused-ring (bicyclic) bond motifs is 3. The van der Waals surface area contributed by atoms with E-state index in [0.717, 1.165) is 61.3 Å². The molecule has 0 amide bonds. The maximum atomic E-state index is 6.59. The summed E-state index contributed by atoms with van der Waals surface area (Å²) in [5, 5.41) is 2.24. The van der Waals surface area contributed by atoms with Gasteiger partial charge >= 0.3 is 0 Å². The maximum Gasteiger partial charge on any atom is 0.143 e. The number of hydrogen-bond acceptors (Lipinski definition) is 2. The van der Waals surface area contributed by atoms with Crippen LogP contribution >= 0.6 is 0 Å². The van der Waals surface area contributed by atoms with Crippen LogP contribution in [0.15, 0.2) is 229 Å². The molecule has 0 atom stereocenters. The predicted octanol–water partition coefficient (Wildman–Crippen LogP) is 15.4. The third kappa shape index (κ3) is 6.14. The SMILES string of the molecule is c1ccc(-c2ccc(N(c3ccc(-c4ccccc4)c(-c4ccccc4)c3)c3ccc(-c4cccc5c4oc4ccccc45)c(-c4ccccc4)c3)cc2)cc1. The van der Waals surface area contributed by atoms with Gasteiger partial charge in [0.1, 0.15) is 11.2 Å². The first kappa shape index (κ1) is 33.2. The molecule has 0 aliphatic carbocycles. The molecular weight excluding hydrogens is 679 g/mol. The molecule has 0 unspecified atom stereocenters. The minimum Gasteiger partial charge on any atom is -0.455 e. The van der Waals surface area contributed by atoms with Gasteiger partial charge in [0.25, 0.3) is 0 Å². The molecule has 0 spiro atoms. The number of anilines is 3. The van der Waals surface area contributed by atoms with E-state index in [0.29, 0.717) is 0 Å². The average Bonchev–Trinajstić information content (AvgIpc) is 3.67. The number of nitrogens with zero attached hydrogens (tertiary/aromatic N) is 1. The van der Waals surface area contributed by atoms with Crippen molar-refractivity contribution in [1.29, 1.82) is 0 Å². The van der Waals surface area contributed by atoms with Gasteiger partial charge in [-0.1, -0.05) is 182 Å². The van der Waals surface area contributed by atoms with Crippen LogP contribution < -0.4 is 4.90 Å². The molecule has 10 aromatic rings. The summed E-state index contributed by atoms with van der Waals surface area (Å²) in [6, 6.07) is 80.1. The number of para-hydroxylation sites is 2. The molecular formula is C54H37NO. The minimum absolute atomic E-state index is 0.895. The van der Waals surface area contributed by atoms with Gasteiger partial charge in [-0.3, -0.25) is 0 Å². The van der Waals surface area contributed by atoms with Gasteiger partial charge < -0.3 is 9.32 Å². The Labute approximate surface area is 327 Å². The van der Waals surface area contributed by atoms with E-state index in [1.807, 2.05) is 12.1 Å². The summed E-state index contributed by atoms with van der Waals surface area (Å²) in [4.78, 5) is 2.38. The zero-order valence-electron chi connectivity index (χ0n) is 30.7. The molecule has 0 aliphatic heterocycles. The molecule has 2 heteroatoms. The average molecular weight is 716 g/mol. The van der Waals surface area contributed by atoms with Crippen molar-refractivity contribution < 1.29 is 4.42 Å². The van der Waals surface area contributed by atoms with E-state index in [2.05, 4.69) is 217 Å². The second kappa shape index (κ2) is 14.4. The van der Waals surface area contributed by atoms with Crippen molar-refractivity contribution in [2.75, 3.05) is 4.90 Å². The van der Waals surface area contributed by atoms with Crippen molar-refractivity contribution in [3.8, 4) is 55.6 Å². The minimum atomic E-state index is 0.895. The zero-order valence-corrected chi connectivity index (χ0v) is 30.7. The van der Waals surface area contributed by atoms with Crippen molar-refractivity contribution in [1.82, 2.24) is 0 Å². The van der Waals surface area contributed by atoms with E-state index in [9.17, 15) is 0 Å². The first-order chi connectivity index (χ1) is 27.8. The monoisotopic (exact) mass is 715 g/mol. The van der Waals surface area contributed by atoms with E-state index in [4.69, 9.17) is 4.42 Å². The highest BCUT2D eigenvalue weighted by Gasteiger charge is 2.21. The Morgan fingerprint density at radius 3 is 1.32 bits per heavy atom. The van der Waals surface area contributed by atoms with Crippen LogP contribution in [0.1, 0.15) is 0 Å². The Hall–Kier alpha value is -7.42. The van der Waals surface area contributed by atoms with E-state index in [1.165, 1.54) is 33.4 Å². The van der Waals surface area contributed by atoms with Crippen LogP contribution in [0.3, 0.4) is 0 Å². The third-order valence-corrected chi connectivity index (χ3v) is 10.7. The van der Waals surface area contributed by atoms with Gasteiger partial charge in [0.15, 0.2) is 0 Å². The number of furan rings is 1. The predicted molar refractivity (Wildman–Crippen MR) is 236 cm³/mol. The van der Waals surface area contributed by atoms with E-state index < -0.39 is 0 Å². The van der Waals surface area contributed by atoms with Crippen molar-refractivity contribution in [3.63, 3.8) is 0 Å². The van der Waals surface area contributed by atoms with Crippen LogP contribution in [0.4, 0.5) is 17.1 Å². The van der Waals surface area contributed by atoms with E-state index >= 15 is 0 Å². The van der Waals surface area contributed by atoms with Gasteiger partial charge in [0.2, 0.25) is 0 Å². The fourth-order valence-corrected chi connectivity index (χ4v) is 8.00. The van der Waals surface area contributed by atoms with Crippen LogP contribution in [0, 0.1) is 0 Å². The summed E-state index contributed by atoms with van der Waals surface area (Å²) >= 11 is 0. The van der Waals surface area contributed by atoms with Crippen molar-refractivity contribution in [3.05, 3.63) is 224 Å². The standard InChI is InChI=1S/C54H37NO/c1-5-16-38(17-6-1)39-28-30-43(31-29-39)55(44-32-34-46(40-18-7-2-8-19-40)51(36-44)41-20-9-3-10-21-41)45-33-35-47(52(37-45)42-22-11-4-12-23-42)49-25-15-26-50-48-24-13-14-27-53(48)56-54(49)50/h1-37H. The molecule has 0 N–H and O–H groups in total. The molecule has 56 heavy (non-hydrogen) atoms. The third-order valence-electron chi connectivity index (χ3n) is 10.7. The first-order valence-corrected chi connectivity index (χ1v) is 19.1. The Morgan fingerprint density at radius 2 is 0.714 bits per heavy atom. The Morgan fingerprint density at radius 1 is 0.268 bits per heavy atom. The fourth-order valence-electron chi connectivity index (χ4n) is 8.00. The van der Waals surface area contributed by atoms with Gasteiger partial charge in [0, 0.05) is 33.4 Å². The second-order valence-corrected chi connectivity index (χ2v) is 14.1. The molecule has 10 rings (SSSR count). The van der Waals surface area contributed by atoms with Crippen LogP contribution in [0.5, 0.6) is 0 Å². The summed E-state index contributed by atoms with van der Waals surface area (Å²) in [7, 11) is 0. The van der Waals surface area contributed by atoms with E-state index in [1.54, 1.807) is 0 Å². The maximum absolute atomic E-state index is 6.59. The fraction of sp³-hybridized carbons (Fsp3) is 0. The Balaban J connectivity index is 1.19. The molecule has 0 aliphatic rings. The quantitative estimate of drug-likeness (QED) is 0.156. The summed E-state index contributed by atoms with van der Waals surface area (Å²) in [5.74, 6) is 0. The summed E-state index contributed by atoms with van der Waals surface area (Å²) < 4.78 is 6.59. The summed E-state index contributed by atoms with van der Waals surface area (Å²) in [6.07, 6.45) is 0. The van der Waals surface area contributed by atoms with Gasteiger partial charge in [-0.2, -0.15) is 0 Å². The molecule has 2 nitrogen and oxygen atoms in total. The highest BCUT2D eigenvalue weighted by Crippen LogP contribution is 2.45. The highest BCUT2D eigenvalue weighted by molar-refractivity contribution is 6.10. The van der Waals surface area contributed by atoms with Crippen LogP contribution in [0.25, 0.3) is 77.6 Å². The molecule has 0 saturated carbocycles. The smallest absolute Gasteiger partial charge is 0.143 e. The lowest BCUT2D eigenvalue weighted by molar-refractivity contribution is 0.670. The van der Waals surface area contributed by atoms with Gasteiger partial charge in [-0.05, 0) is 92.5 Å². The van der Waals surface area contributed by atoms with Crippen molar-refractivity contribution in [2.24, 2.45) is 0 Å².